The van der Waals surface area contributed by atoms with E-state index in [1.807, 2.05) is 72.8 Å². The Hall–Kier alpha value is -4.51. The number of nitrogens with one attached hydrogen (secondary N) is 1. The monoisotopic (exact) mass is 630 g/mol. The summed E-state index contributed by atoms with van der Waals surface area (Å²) in [6, 6.07) is 31.7. The van der Waals surface area contributed by atoms with Crippen LogP contribution in [0.2, 0.25) is 0 Å². The summed E-state index contributed by atoms with van der Waals surface area (Å²) in [5, 5.41) is 22.5. The summed E-state index contributed by atoms with van der Waals surface area (Å²) in [7, 11) is 0. The van der Waals surface area contributed by atoms with Gasteiger partial charge in [0, 0.05) is 38.2 Å². The molecule has 3 heterocycles. The Bertz CT molecular complexity index is 1830. The number of carbonyl (C=O) groups excluding carboxylic acids is 1. The smallest absolute Gasteiger partial charge is 0.271 e. The van der Waals surface area contributed by atoms with Crippen molar-refractivity contribution in [3.05, 3.63) is 131 Å². The van der Waals surface area contributed by atoms with Gasteiger partial charge in [0.25, 0.3) is 5.91 Å². The zero-order chi connectivity index (χ0) is 32.2. The molecule has 2 aliphatic rings. The van der Waals surface area contributed by atoms with Crippen LogP contribution in [0, 0.1) is 0 Å². The van der Waals surface area contributed by atoms with Crippen molar-refractivity contribution in [1.82, 2.24) is 20.2 Å². The number of aliphatic hydroxyl groups excluding tert-OH is 2. The molecule has 0 aliphatic carbocycles. The highest BCUT2D eigenvalue weighted by atomic mass is 16.7. The van der Waals surface area contributed by atoms with Crippen LogP contribution in [0.4, 0.5) is 0 Å². The first-order chi connectivity index (χ1) is 23.0. The van der Waals surface area contributed by atoms with E-state index in [0.29, 0.717) is 25.0 Å². The molecule has 0 spiro atoms. The number of hydrogen-bond acceptors (Lipinski definition) is 8. The Kier molecular flexibility index (Phi) is 9.32. The number of para-hydroxylation sites is 2. The van der Waals surface area contributed by atoms with Crippen molar-refractivity contribution < 1.29 is 24.5 Å². The molecule has 47 heavy (non-hydrogen) atoms. The summed E-state index contributed by atoms with van der Waals surface area (Å²) >= 11 is 0. The minimum atomic E-state index is -0.544. The van der Waals surface area contributed by atoms with Crippen molar-refractivity contribution in [2.45, 2.75) is 50.6 Å². The maximum absolute atomic E-state index is 12.8. The van der Waals surface area contributed by atoms with Crippen LogP contribution in [-0.2, 0) is 22.6 Å². The molecule has 0 bridgehead atoms. The molecule has 5 aromatic rings. The summed E-state index contributed by atoms with van der Waals surface area (Å²) in [5.74, 6) is -0.271. The molecular weight excluding hydrogens is 592 g/mol. The van der Waals surface area contributed by atoms with Gasteiger partial charge < -0.3 is 25.0 Å². The molecule has 0 unspecified atom stereocenters. The lowest BCUT2D eigenvalue weighted by molar-refractivity contribution is -0.252. The molecule has 9 nitrogen and oxygen atoms in total. The van der Waals surface area contributed by atoms with Crippen molar-refractivity contribution in [2.24, 2.45) is 0 Å². The predicted molar refractivity (Wildman–Crippen MR) is 178 cm³/mol. The Labute approximate surface area is 273 Å². The fourth-order valence-corrected chi connectivity index (χ4v) is 6.33. The third-order valence-corrected chi connectivity index (χ3v) is 8.90. The number of rotatable bonds is 9. The maximum atomic E-state index is 12.8. The zero-order valence-electron chi connectivity index (χ0n) is 26.0. The van der Waals surface area contributed by atoms with Gasteiger partial charge in [-0.25, -0.2) is 4.98 Å². The molecule has 1 aromatic heterocycles. The maximum Gasteiger partial charge on any atom is 0.271 e. The topological polar surface area (TPSA) is 117 Å². The number of nitrogens with zero attached hydrogens (tertiary/aromatic N) is 3. The van der Waals surface area contributed by atoms with Crippen molar-refractivity contribution in [2.75, 3.05) is 19.6 Å². The number of fused-ring (bicyclic) bond motifs is 1. The Morgan fingerprint density at radius 2 is 1.66 bits per heavy atom. The number of benzene rings is 4. The van der Waals surface area contributed by atoms with Gasteiger partial charge >= 0.3 is 0 Å². The van der Waals surface area contributed by atoms with Gasteiger partial charge in [-0.15, -0.1) is 0 Å². The van der Waals surface area contributed by atoms with Crippen LogP contribution in [0.1, 0.15) is 58.0 Å². The van der Waals surface area contributed by atoms with Gasteiger partial charge in [0.15, 0.2) is 6.29 Å². The highest BCUT2D eigenvalue weighted by molar-refractivity contribution is 5.93. The molecular formula is C38H38N4O5. The minimum Gasteiger partial charge on any atom is -0.392 e. The van der Waals surface area contributed by atoms with Crippen molar-refractivity contribution in [3.63, 3.8) is 0 Å². The van der Waals surface area contributed by atoms with E-state index in [1.165, 1.54) is 6.20 Å². The fourth-order valence-electron chi connectivity index (χ4n) is 6.33. The highest BCUT2D eigenvalue weighted by Crippen LogP contribution is 2.39. The first-order valence-electron chi connectivity index (χ1n) is 16.1. The summed E-state index contributed by atoms with van der Waals surface area (Å²) in [6.45, 7) is 2.62. The van der Waals surface area contributed by atoms with E-state index in [4.69, 9.17) is 9.47 Å². The zero-order valence-corrected chi connectivity index (χ0v) is 26.0. The molecule has 4 atom stereocenters. The number of ether oxygens (including phenoxy) is 2. The summed E-state index contributed by atoms with van der Waals surface area (Å²) < 4.78 is 13.0. The molecule has 1 amide bonds. The first kappa shape index (κ1) is 31.1. The van der Waals surface area contributed by atoms with Gasteiger partial charge in [-0.2, -0.15) is 0 Å². The number of amides is 1. The quantitative estimate of drug-likeness (QED) is 0.200. The van der Waals surface area contributed by atoms with E-state index < -0.39 is 6.29 Å². The van der Waals surface area contributed by atoms with Crippen LogP contribution in [0.15, 0.2) is 103 Å². The van der Waals surface area contributed by atoms with Crippen LogP contribution in [0.5, 0.6) is 0 Å². The number of aromatic nitrogens is 2. The SMILES string of the molecule is O=C(NCc1cccc(-c2ccc([C@@H]3O[C@H](CN4CC[C@H](O)C4)C[C@H](c4ccc(CO)cc4)O3)cc2)c1)c1cnc2ccccc2n1. The third-order valence-electron chi connectivity index (χ3n) is 8.90. The summed E-state index contributed by atoms with van der Waals surface area (Å²) in [5.41, 5.74) is 7.60. The first-order valence-corrected chi connectivity index (χ1v) is 16.1. The Balaban J connectivity index is 1.03. The minimum absolute atomic E-state index is 0.00185. The predicted octanol–water partition coefficient (Wildman–Crippen LogP) is 5.33. The van der Waals surface area contributed by atoms with Gasteiger partial charge in [0.2, 0.25) is 0 Å². The van der Waals surface area contributed by atoms with E-state index in [2.05, 4.69) is 44.5 Å². The number of β-amino-alcohol motifs (C(OH)–C–C–N with tert-alkyl or cyclic N) is 1. The molecule has 4 aromatic carbocycles. The van der Waals surface area contributed by atoms with Crippen molar-refractivity contribution >= 4 is 16.9 Å². The average Bonchev–Trinajstić information content (AvgIpc) is 3.54. The Morgan fingerprint density at radius 1 is 0.872 bits per heavy atom. The number of likely N-dealkylation sites (tertiary alicyclic amines) is 1. The largest absolute Gasteiger partial charge is 0.392 e. The summed E-state index contributed by atoms with van der Waals surface area (Å²) in [6.07, 6.45) is 1.94. The Morgan fingerprint density at radius 3 is 2.43 bits per heavy atom. The van der Waals surface area contributed by atoms with Gasteiger partial charge in [0.1, 0.15) is 5.69 Å². The second-order valence-electron chi connectivity index (χ2n) is 12.3. The second kappa shape index (κ2) is 14.1. The van der Waals surface area contributed by atoms with Crippen LogP contribution in [-0.4, -0.2) is 62.8 Å². The van der Waals surface area contributed by atoms with Crippen LogP contribution < -0.4 is 5.32 Å². The summed E-state index contributed by atoms with van der Waals surface area (Å²) in [4.78, 5) is 23.9. The normalized spacial score (nSPS) is 21.6. The lowest BCUT2D eigenvalue weighted by atomic mass is 9.99. The molecule has 2 saturated heterocycles. The fraction of sp³-hybridized carbons (Fsp3) is 0.289. The highest BCUT2D eigenvalue weighted by Gasteiger charge is 2.34. The molecule has 7 rings (SSSR count). The van der Waals surface area contributed by atoms with Crippen LogP contribution in [0.25, 0.3) is 22.2 Å². The van der Waals surface area contributed by atoms with Crippen molar-refractivity contribution in [3.8, 4) is 11.1 Å². The van der Waals surface area contributed by atoms with E-state index in [1.54, 1.807) is 0 Å². The number of hydrogen-bond donors (Lipinski definition) is 3. The third kappa shape index (κ3) is 7.40. The van der Waals surface area contributed by atoms with E-state index >= 15 is 0 Å². The second-order valence-corrected chi connectivity index (χ2v) is 12.3. The molecule has 0 saturated carbocycles. The van der Waals surface area contributed by atoms with Crippen molar-refractivity contribution in [1.29, 1.82) is 0 Å². The lowest BCUT2D eigenvalue weighted by Crippen LogP contribution is -2.38. The molecule has 240 valence electrons. The lowest BCUT2D eigenvalue weighted by Gasteiger charge is -2.37. The van der Waals surface area contributed by atoms with Gasteiger partial charge in [-0.05, 0) is 52.4 Å². The van der Waals surface area contributed by atoms with Crippen LogP contribution >= 0.6 is 0 Å². The van der Waals surface area contributed by atoms with Crippen LogP contribution in [0.3, 0.4) is 0 Å². The van der Waals surface area contributed by atoms with Gasteiger partial charge in [-0.1, -0.05) is 78.9 Å². The molecule has 2 aliphatic heterocycles. The van der Waals surface area contributed by atoms with E-state index in [9.17, 15) is 15.0 Å². The number of aliphatic hydroxyl groups is 2. The molecule has 9 heteroatoms. The standard InChI is InChI=1S/C38H38N4O5/c43-24-25-8-10-28(11-9-25)36-19-32(23-42-17-16-31(44)22-42)46-38(47-36)29-14-12-27(13-15-29)30-5-3-4-26(18-30)20-40-37(45)35-21-39-33-6-1-2-7-34(33)41-35/h1-15,18,21,31-32,36,38,43-44H,16-17,19-20,22-24H2,(H,40,45)/t31-,32-,36+,38+/m0/s1. The molecule has 2 fully saturated rings. The van der Waals surface area contributed by atoms with E-state index in [0.717, 1.165) is 58.4 Å². The molecule has 3 N–H and O–H groups in total. The molecule has 0 radical (unpaired) electrons. The van der Waals surface area contributed by atoms with Gasteiger partial charge in [-0.3, -0.25) is 14.7 Å². The van der Waals surface area contributed by atoms with E-state index in [-0.39, 0.29) is 36.5 Å². The number of carbonyl (C=O) groups is 1. The van der Waals surface area contributed by atoms with Gasteiger partial charge in [0.05, 0.1) is 42.1 Å². The average molecular weight is 631 g/mol.